The maximum Gasteiger partial charge on any atom is 0.0132 e. The quantitative estimate of drug-likeness (QED) is 0.191. The molecule has 0 aromatic heterocycles. The summed E-state index contributed by atoms with van der Waals surface area (Å²) in [7, 11) is 0. The molecule has 62 heavy (non-hydrogen) atoms. The van der Waals surface area contributed by atoms with Crippen molar-refractivity contribution in [3.63, 3.8) is 0 Å². The van der Waals surface area contributed by atoms with Crippen molar-refractivity contribution in [3.8, 4) is 0 Å². The normalized spacial score (nSPS) is 41.8. The number of nitrogens with zero attached hydrogens (tertiary/aromatic N) is 2. The molecule has 10 fully saturated rings. The van der Waals surface area contributed by atoms with Crippen molar-refractivity contribution in [2.45, 2.75) is 293 Å². The van der Waals surface area contributed by atoms with Gasteiger partial charge in [-0.2, -0.15) is 0 Å². The summed E-state index contributed by atoms with van der Waals surface area (Å²) in [5.74, 6) is 9.73. The fraction of sp³-hybridized carbons (Fsp3) is 0.933. The molecule has 10 rings (SSSR count). The smallest absolute Gasteiger partial charge is 0.0132 e. The zero-order chi connectivity index (χ0) is 41.5. The lowest BCUT2D eigenvalue weighted by Crippen LogP contribution is -2.60. The van der Waals surface area contributed by atoms with E-state index in [1.54, 1.807) is 64.2 Å². The van der Waals surface area contributed by atoms with Crippen LogP contribution in [0.15, 0.2) is 24.3 Å². The highest BCUT2D eigenvalue weighted by Gasteiger charge is 2.53. The van der Waals surface area contributed by atoms with Crippen LogP contribution in [0.5, 0.6) is 0 Å². The Labute approximate surface area is 384 Å². The van der Waals surface area contributed by atoms with Crippen molar-refractivity contribution >= 4 is 0 Å². The minimum atomic E-state index is 0.871. The molecule has 10 aliphatic rings. The van der Waals surface area contributed by atoms with Gasteiger partial charge in [-0.05, 0) is 213 Å². The van der Waals surface area contributed by atoms with Gasteiger partial charge in [-0.3, -0.25) is 9.80 Å². The molecule has 0 aromatic rings. The van der Waals surface area contributed by atoms with Gasteiger partial charge in [0.15, 0.2) is 0 Å². The van der Waals surface area contributed by atoms with E-state index in [4.69, 9.17) is 0 Å². The van der Waals surface area contributed by atoms with Gasteiger partial charge in [-0.25, -0.2) is 0 Å². The van der Waals surface area contributed by atoms with Crippen molar-refractivity contribution in [2.75, 3.05) is 0 Å². The number of fused-ring (bicyclic) bond motifs is 2. The van der Waals surface area contributed by atoms with E-state index in [9.17, 15) is 0 Å². The van der Waals surface area contributed by atoms with Gasteiger partial charge in [-0.15, -0.1) is 0 Å². The van der Waals surface area contributed by atoms with E-state index in [2.05, 4.69) is 34.1 Å². The molecule has 0 aliphatic heterocycles. The maximum absolute atomic E-state index is 3.39. The third kappa shape index (κ3) is 10.7. The Morgan fingerprint density at radius 3 is 0.806 bits per heavy atom. The summed E-state index contributed by atoms with van der Waals surface area (Å²) in [5, 5.41) is 0. The molecule has 8 unspecified atom stereocenters. The predicted octanol–water partition coefficient (Wildman–Crippen LogP) is 16.8. The Kier molecular flexibility index (Phi) is 16.4. The van der Waals surface area contributed by atoms with Crippen LogP contribution in [0.3, 0.4) is 0 Å². The Hall–Kier alpha value is -0.600. The Morgan fingerprint density at radius 1 is 0.194 bits per heavy atom. The molecule has 0 N–H and O–H groups in total. The van der Waals surface area contributed by atoms with Crippen LogP contribution in [-0.4, -0.2) is 46.1 Å². The topological polar surface area (TPSA) is 6.48 Å². The minimum Gasteiger partial charge on any atom is -0.294 e. The monoisotopic (exact) mass is 849 g/mol. The molecule has 0 heterocycles. The van der Waals surface area contributed by atoms with Gasteiger partial charge in [0.25, 0.3) is 0 Å². The van der Waals surface area contributed by atoms with E-state index >= 15 is 0 Å². The summed E-state index contributed by atoms with van der Waals surface area (Å²) in [6.07, 6.45) is 71.4. The van der Waals surface area contributed by atoms with Crippen LogP contribution >= 0.6 is 0 Å². The second kappa shape index (κ2) is 22.5. The number of allylic oxidation sites excluding steroid dienone is 4. The number of hydrogen-bond donors (Lipinski definition) is 0. The van der Waals surface area contributed by atoms with Crippen LogP contribution in [0.25, 0.3) is 0 Å². The first-order valence-corrected chi connectivity index (χ1v) is 29.7. The fourth-order valence-corrected chi connectivity index (χ4v) is 18.7. The van der Waals surface area contributed by atoms with Crippen molar-refractivity contribution in [2.24, 2.45) is 59.2 Å². The SMILES string of the molecule is C(=CC1CCC(N(C2CCCCC2)C2CCC(C3CCC(N(C4CCCCC4)C4CCC(C=CC5CCCCC5)CC4)C4CCCCC34)C3CCCCC32)CC1)C1CCCCC1. The summed E-state index contributed by atoms with van der Waals surface area (Å²) < 4.78 is 0. The van der Waals surface area contributed by atoms with Crippen molar-refractivity contribution in [1.29, 1.82) is 0 Å². The van der Waals surface area contributed by atoms with Crippen LogP contribution in [-0.2, 0) is 0 Å². The van der Waals surface area contributed by atoms with Crippen molar-refractivity contribution in [3.05, 3.63) is 24.3 Å². The first-order valence-electron chi connectivity index (χ1n) is 29.7. The summed E-state index contributed by atoms with van der Waals surface area (Å²) in [5.41, 5.74) is 0. The molecule has 0 amide bonds. The molecule has 2 nitrogen and oxygen atoms in total. The molecule has 0 saturated heterocycles. The average Bonchev–Trinajstić information content (AvgIpc) is 3.35. The molecule has 0 radical (unpaired) electrons. The average molecular weight is 849 g/mol. The van der Waals surface area contributed by atoms with E-state index in [-0.39, 0.29) is 0 Å². The Balaban J connectivity index is 0.825. The third-order valence-corrected chi connectivity index (χ3v) is 21.7. The van der Waals surface area contributed by atoms with E-state index < -0.39 is 0 Å². The van der Waals surface area contributed by atoms with Gasteiger partial charge in [0.1, 0.15) is 0 Å². The maximum atomic E-state index is 3.39. The zero-order valence-corrected chi connectivity index (χ0v) is 40.7. The summed E-state index contributed by atoms with van der Waals surface area (Å²) in [6.45, 7) is 0. The van der Waals surface area contributed by atoms with Crippen LogP contribution in [0, 0.1) is 59.2 Å². The van der Waals surface area contributed by atoms with Gasteiger partial charge >= 0.3 is 0 Å². The molecule has 2 heteroatoms. The third-order valence-electron chi connectivity index (χ3n) is 21.7. The van der Waals surface area contributed by atoms with E-state index in [0.29, 0.717) is 0 Å². The zero-order valence-electron chi connectivity index (χ0n) is 40.7. The van der Waals surface area contributed by atoms with Crippen LogP contribution < -0.4 is 0 Å². The summed E-state index contributed by atoms with van der Waals surface area (Å²) in [6, 6.07) is 5.39. The lowest BCUT2D eigenvalue weighted by atomic mass is 9.52. The minimum absolute atomic E-state index is 0.871. The summed E-state index contributed by atoms with van der Waals surface area (Å²) in [4.78, 5) is 6.78. The second-order valence-corrected chi connectivity index (χ2v) is 25.0. The lowest BCUT2D eigenvalue weighted by molar-refractivity contribution is -0.0990. The lowest BCUT2D eigenvalue weighted by Gasteiger charge is -2.59. The molecule has 0 spiro atoms. The highest BCUT2D eigenvalue weighted by atomic mass is 15.2. The van der Waals surface area contributed by atoms with E-state index in [1.165, 1.54) is 193 Å². The summed E-state index contributed by atoms with van der Waals surface area (Å²) >= 11 is 0. The van der Waals surface area contributed by atoms with Crippen molar-refractivity contribution < 1.29 is 0 Å². The van der Waals surface area contributed by atoms with Crippen LogP contribution in [0.4, 0.5) is 0 Å². The van der Waals surface area contributed by atoms with Crippen molar-refractivity contribution in [1.82, 2.24) is 9.80 Å². The van der Waals surface area contributed by atoms with E-state index in [1.807, 2.05) is 0 Å². The molecule has 350 valence electrons. The van der Waals surface area contributed by atoms with Gasteiger partial charge in [0.05, 0.1) is 0 Å². The van der Waals surface area contributed by atoms with E-state index in [0.717, 1.165) is 95.4 Å². The molecular weight excluding hydrogens is 749 g/mol. The van der Waals surface area contributed by atoms with Gasteiger partial charge in [0, 0.05) is 36.3 Å². The van der Waals surface area contributed by atoms with Gasteiger partial charge in [0.2, 0.25) is 0 Å². The largest absolute Gasteiger partial charge is 0.294 e. The number of rotatable bonds is 11. The first kappa shape index (κ1) is 45.2. The standard InChI is InChI=1S/C60H100N2/c1-5-17-45(18-6-1)29-31-47-33-37-51(38-34-47)61(49-21-9-3-10-22-49)59-43-41-55(53-25-13-15-27-57(53)59)56-42-44-60(58-28-16-14-26-54(56)58)62(50-23-11-4-12-24-50)52-39-35-48(36-40-52)32-30-46-19-7-2-8-20-46/h29-32,45-60H,1-28,33-44H2. The van der Waals surface area contributed by atoms with Gasteiger partial charge < -0.3 is 0 Å². The Bertz CT molecular complexity index is 1250. The first-order chi connectivity index (χ1) is 30.8. The molecular formula is C60H100N2. The number of hydrogen-bond acceptors (Lipinski definition) is 2. The molecule has 0 aromatic carbocycles. The second-order valence-electron chi connectivity index (χ2n) is 25.0. The highest BCUT2D eigenvalue weighted by molar-refractivity contribution is 5.07. The molecule has 8 atom stereocenters. The molecule has 10 saturated carbocycles. The van der Waals surface area contributed by atoms with Crippen LogP contribution in [0.1, 0.15) is 257 Å². The fourth-order valence-electron chi connectivity index (χ4n) is 18.7. The predicted molar refractivity (Wildman–Crippen MR) is 264 cm³/mol. The highest BCUT2D eigenvalue weighted by Crippen LogP contribution is 2.57. The van der Waals surface area contributed by atoms with Crippen LogP contribution in [0.2, 0.25) is 0 Å². The molecule has 10 aliphatic carbocycles. The van der Waals surface area contributed by atoms with Gasteiger partial charge in [-0.1, -0.05) is 127 Å². The Morgan fingerprint density at radius 2 is 0.452 bits per heavy atom. The molecule has 0 bridgehead atoms.